The minimum atomic E-state index is -0.465. The van der Waals surface area contributed by atoms with Crippen LogP contribution in [0.4, 0.5) is 0 Å². The molecular formula is C31H32BrN3O5. The van der Waals surface area contributed by atoms with Crippen molar-refractivity contribution in [3.8, 4) is 28.6 Å². The number of rotatable bonds is 9. The molecule has 0 aliphatic rings. The van der Waals surface area contributed by atoms with Gasteiger partial charge in [-0.15, -0.1) is 0 Å². The van der Waals surface area contributed by atoms with Gasteiger partial charge in [-0.3, -0.25) is 9.59 Å². The molecule has 0 saturated heterocycles. The van der Waals surface area contributed by atoms with Crippen molar-refractivity contribution in [2.75, 3.05) is 13.2 Å². The molecule has 3 aromatic carbocycles. The topological polar surface area (TPSA) is 92.0 Å². The maximum absolute atomic E-state index is 13.7. The van der Waals surface area contributed by atoms with Gasteiger partial charge in [-0.25, -0.2) is 4.98 Å². The van der Waals surface area contributed by atoms with Crippen molar-refractivity contribution in [2.45, 2.75) is 47.5 Å². The Morgan fingerprint density at radius 3 is 2.45 bits per heavy atom. The Morgan fingerprint density at radius 2 is 1.77 bits per heavy atom. The summed E-state index contributed by atoms with van der Waals surface area (Å²) >= 11 is 3.46. The third-order valence-corrected chi connectivity index (χ3v) is 6.76. The van der Waals surface area contributed by atoms with Crippen LogP contribution in [-0.2, 0) is 4.79 Å². The molecule has 0 saturated carbocycles. The van der Waals surface area contributed by atoms with Gasteiger partial charge in [-0.1, -0.05) is 26.0 Å². The van der Waals surface area contributed by atoms with Gasteiger partial charge < -0.3 is 14.2 Å². The number of hydrogen-bond acceptors (Lipinski definition) is 7. The fourth-order valence-corrected chi connectivity index (χ4v) is 4.91. The number of carbonyl (C=O) groups is 1. The first-order chi connectivity index (χ1) is 19.1. The van der Waals surface area contributed by atoms with Gasteiger partial charge in [0.05, 0.1) is 34.8 Å². The van der Waals surface area contributed by atoms with E-state index in [0.29, 0.717) is 45.7 Å². The molecule has 1 aromatic heterocycles. The van der Waals surface area contributed by atoms with Crippen LogP contribution in [0.1, 0.15) is 57.2 Å². The molecule has 1 heterocycles. The van der Waals surface area contributed by atoms with Crippen molar-refractivity contribution < 1.29 is 19.0 Å². The van der Waals surface area contributed by atoms with Gasteiger partial charge in [0.2, 0.25) is 0 Å². The van der Waals surface area contributed by atoms with Gasteiger partial charge in [0.15, 0.2) is 17.3 Å². The highest BCUT2D eigenvalue weighted by Gasteiger charge is 2.19. The lowest BCUT2D eigenvalue weighted by Gasteiger charge is -2.18. The molecule has 40 heavy (non-hydrogen) atoms. The molecule has 0 amide bonds. The summed E-state index contributed by atoms with van der Waals surface area (Å²) in [6.45, 7) is 12.2. The smallest absolute Gasteiger partial charge is 0.308 e. The molecule has 0 radical (unpaired) electrons. The standard InChI is InChI=1S/C31H32BrN3O5/c1-7-38-27-13-19(5)24(16-23(27)18(3)4)30-34-26-12-10-9-11-22(26)31(37)35(30)33-17-21-14-25(32)29(40-20(6)36)28(15-21)39-8-2/h9-18H,7-8H2,1-6H3. The Hall–Kier alpha value is -3.98. The zero-order chi connectivity index (χ0) is 29.0. The lowest BCUT2D eigenvalue weighted by atomic mass is 9.96. The maximum atomic E-state index is 13.7. The number of benzene rings is 3. The molecule has 0 fully saturated rings. The summed E-state index contributed by atoms with van der Waals surface area (Å²) in [6, 6.07) is 14.7. The lowest BCUT2D eigenvalue weighted by molar-refractivity contribution is -0.132. The van der Waals surface area contributed by atoms with Crippen LogP contribution in [0.15, 0.2) is 62.9 Å². The molecule has 8 nitrogen and oxygen atoms in total. The first-order valence-electron chi connectivity index (χ1n) is 13.1. The number of aromatic nitrogens is 2. The minimum Gasteiger partial charge on any atom is -0.494 e. The Morgan fingerprint density at radius 1 is 1.07 bits per heavy atom. The summed E-state index contributed by atoms with van der Waals surface area (Å²) in [4.78, 5) is 30.2. The molecule has 0 aliphatic carbocycles. The SMILES string of the molecule is CCOc1cc(C)c(-c2nc3ccccc3c(=O)n2N=Cc2cc(Br)c(OC(C)=O)c(OCC)c2)cc1C(C)C. The van der Waals surface area contributed by atoms with Crippen LogP contribution in [0.2, 0.25) is 0 Å². The number of para-hydroxylation sites is 1. The molecule has 0 N–H and O–H groups in total. The molecule has 4 rings (SSSR count). The highest BCUT2D eigenvalue weighted by atomic mass is 79.9. The van der Waals surface area contributed by atoms with E-state index in [0.717, 1.165) is 22.4 Å². The van der Waals surface area contributed by atoms with Gasteiger partial charge in [-0.2, -0.15) is 9.78 Å². The first kappa shape index (κ1) is 29.0. The number of carbonyl (C=O) groups excluding carboxylic acids is 1. The van der Waals surface area contributed by atoms with Crippen LogP contribution in [0.3, 0.4) is 0 Å². The van der Waals surface area contributed by atoms with Crippen molar-refractivity contribution in [2.24, 2.45) is 5.10 Å². The highest BCUT2D eigenvalue weighted by Crippen LogP contribution is 2.37. The summed E-state index contributed by atoms with van der Waals surface area (Å²) in [5.41, 5.74) is 3.63. The number of hydrogen-bond donors (Lipinski definition) is 0. The molecule has 0 spiro atoms. The van der Waals surface area contributed by atoms with Crippen LogP contribution in [0.25, 0.3) is 22.3 Å². The molecule has 0 aliphatic heterocycles. The number of fused-ring (bicyclic) bond motifs is 1. The van der Waals surface area contributed by atoms with E-state index in [-0.39, 0.29) is 17.2 Å². The number of nitrogens with zero attached hydrogens (tertiary/aromatic N) is 3. The van der Waals surface area contributed by atoms with Gasteiger partial charge >= 0.3 is 5.97 Å². The predicted octanol–water partition coefficient (Wildman–Crippen LogP) is 6.86. The molecule has 208 valence electrons. The van der Waals surface area contributed by atoms with Gasteiger partial charge in [-0.05, 0) is 95.7 Å². The van der Waals surface area contributed by atoms with E-state index in [4.69, 9.17) is 19.2 Å². The van der Waals surface area contributed by atoms with E-state index in [9.17, 15) is 9.59 Å². The van der Waals surface area contributed by atoms with E-state index < -0.39 is 5.97 Å². The average molecular weight is 607 g/mol. The highest BCUT2D eigenvalue weighted by molar-refractivity contribution is 9.10. The van der Waals surface area contributed by atoms with Crippen LogP contribution >= 0.6 is 15.9 Å². The Labute approximate surface area is 241 Å². The lowest BCUT2D eigenvalue weighted by Crippen LogP contribution is -2.21. The van der Waals surface area contributed by atoms with Crippen LogP contribution in [-0.4, -0.2) is 35.1 Å². The van der Waals surface area contributed by atoms with Gasteiger partial charge in [0, 0.05) is 12.5 Å². The fourth-order valence-electron chi connectivity index (χ4n) is 4.37. The largest absolute Gasteiger partial charge is 0.494 e. The second-order valence-electron chi connectivity index (χ2n) is 9.46. The Kier molecular flexibility index (Phi) is 9.04. The molecule has 0 atom stereocenters. The van der Waals surface area contributed by atoms with Gasteiger partial charge in [0.25, 0.3) is 5.56 Å². The van der Waals surface area contributed by atoms with E-state index in [2.05, 4.69) is 34.9 Å². The van der Waals surface area contributed by atoms with E-state index in [1.54, 1.807) is 30.5 Å². The zero-order valence-electron chi connectivity index (χ0n) is 23.4. The molecular weight excluding hydrogens is 574 g/mol. The van der Waals surface area contributed by atoms with Crippen molar-refractivity contribution in [1.82, 2.24) is 9.66 Å². The van der Waals surface area contributed by atoms with Crippen LogP contribution in [0, 0.1) is 6.92 Å². The quantitative estimate of drug-likeness (QED) is 0.117. The number of halogens is 1. The zero-order valence-corrected chi connectivity index (χ0v) is 25.0. The van der Waals surface area contributed by atoms with E-state index in [1.807, 2.05) is 45.0 Å². The maximum Gasteiger partial charge on any atom is 0.308 e. The first-order valence-corrected chi connectivity index (χ1v) is 13.9. The second-order valence-corrected chi connectivity index (χ2v) is 10.3. The van der Waals surface area contributed by atoms with Crippen LogP contribution < -0.4 is 19.8 Å². The summed E-state index contributed by atoms with van der Waals surface area (Å²) < 4.78 is 18.8. The molecule has 0 bridgehead atoms. The third kappa shape index (κ3) is 6.09. The fraction of sp³-hybridized carbons (Fsp3) is 0.290. The molecule has 9 heteroatoms. The average Bonchev–Trinajstić information content (AvgIpc) is 2.90. The minimum absolute atomic E-state index is 0.190. The second kappa shape index (κ2) is 12.5. The summed E-state index contributed by atoms with van der Waals surface area (Å²) in [5, 5.41) is 5.07. The monoisotopic (exact) mass is 605 g/mol. The Bertz CT molecular complexity index is 1660. The van der Waals surface area contributed by atoms with Crippen molar-refractivity contribution in [3.63, 3.8) is 0 Å². The number of ether oxygens (including phenoxy) is 3. The number of aryl methyl sites for hydroxylation is 1. The molecule has 0 unspecified atom stereocenters. The van der Waals surface area contributed by atoms with Gasteiger partial charge in [0.1, 0.15) is 5.75 Å². The van der Waals surface area contributed by atoms with E-state index in [1.165, 1.54) is 11.6 Å². The van der Waals surface area contributed by atoms with Crippen molar-refractivity contribution in [1.29, 1.82) is 0 Å². The number of esters is 1. The summed E-state index contributed by atoms with van der Waals surface area (Å²) in [6.07, 6.45) is 1.55. The van der Waals surface area contributed by atoms with Crippen LogP contribution in [0.5, 0.6) is 17.2 Å². The normalized spacial score (nSPS) is 11.4. The summed E-state index contributed by atoms with van der Waals surface area (Å²) in [7, 11) is 0. The Balaban J connectivity index is 1.93. The molecule has 4 aromatic rings. The predicted molar refractivity (Wildman–Crippen MR) is 161 cm³/mol. The van der Waals surface area contributed by atoms with E-state index >= 15 is 0 Å². The van der Waals surface area contributed by atoms with Crippen molar-refractivity contribution >= 4 is 39.0 Å². The third-order valence-electron chi connectivity index (χ3n) is 6.17. The summed E-state index contributed by atoms with van der Waals surface area (Å²) in [5.74, 6) is 1.62. The van der Waals surface area contributed by atoms with Crippen molar-refractivity contribution in [3.05, 3.63) is 80.0 Å².